The SMILES string of the molecule is CC(C)(C)OC(=O)N1CCC(c2[nH]nc3ncc(F)c(-c4ccccc4)c23)CC1. The highest BCUT2D eigenvalue weighted by Crippen LogP contribution is 2.37. The maximum atomic E-state index is 14.8. The number of likely N-dealkylation sites (tertiary alicyclic amines) is 1. The Labute approximate surface area is 169 Å². The van der Waals surface area contributed by atoms with Crippen molar-refractivity contribution in [3.63, 3.8) is 0 Å². The Kier molecular flexibility index (Phi) is 4.98. The van der Waals surface area contributed by atoms with E-state index in [2.05, 4.69) is 15.2 Å². The zero-order valence-electron chi connectivity index (χ0n) is 16.9. The molecule has 3 heterocycles. The van der Waals surface area contributed by atoms with Gasteiger partial charge in [0.25, 0.3) is 0 Å². The van der Waals surface area contributed by atoms with Crippen LogP contribution in [-0.2, 0) is 4.74 Å². The number of rotatable bonds is 2. The summed E-state index contributed by atoms with van der Waals surface area (Å²) in [4.78, 5) is 18.2. The van der Waals surface area contributed by atoms with Crippen LogP contribution in [0.1, 0.15) is 45.2 Å². The summed E-state index contributed by atoms with van der Waals surface area (Å²) in [6.45, 7) is 6.76. The first-order valence-electron chi connectivity index (χ1n) is 9.89. The Bertz CT molecular complexity index is 1020. The Morgan fingerprint density at radius 2 is 1.90 bits per heavy atom. The summed E-state index contributed by atoms with van der Waals surface area (Å²) in [5.41, 5.74) is 2.20. The van der Waals surface area contributed by atoms with Gasteiger partial charge in [0.15, 0.2) is 5.65 Å². The second kappa shape index (κ2) is 7.46. The number of halogens is 1. The van der Waals surface area contributed by atoms with Crippen LogP contribution in [0.4, 0.5) is 9.18 Å². The van der Waals surface area contributed by atoms with Crippen molar-refractivity contribution in [1.29, 1.82) is 0 Å². The van der Waals surface area contributed by atoms with Crippen molar-refractivity contribution >= 4 is 17.1 Å². The van der Waals surface area contributed by atoms with Crippen molar-refractivity contribution in [2.24, 2.45) is 0 Å². The normalized spacial score (nSPS) is 15.7. The van der Waals surface area contributed by atoms with Gasteiger partial charge in [-0.15, -0.1) is 0 Å². The Balaban J connectivity index is 1.62. The lowest BCUT2D eigenvalue weighted by Gasteiger charge is -2.33. The van der Waals surface area contributed by atoms with Crippen molar-refractivity contribution in [3.05, 3.63) is 48.0 Å². The fourth-order valence-corrected chi connectivity index (χ4v) is 3.85. The number of amides is 1. The van der Waals surface area contributed by atoms with Crippen molar-refractivity contribution in [2.45, 2.75) is 45.1 Å². The maximum absolute atomic E-state index is 14.8. The molecule has 4 rings (SSSR count). The third-order valence-corrected chi connectivity index (χ3v) is 5.18. The molecule has 2 aromatic heterocycles. The standard InChI is InChI=1S/C22H25FN4O2/c1-22(2,3)29-21(28)27-11-9-15(10-12-27)19-18-17(14-7-5-4-6-8-14)16(23)13-24-20(18)26-25-19/h4-8,13,15H,9-12H2,1-3H3,(H,24,25,26). The van der Waals surface area contributed by atoms with Crippen molar-refractivity contribution in [2.75, 3.05) is 13.1 Å². The first kappa shape index (κ1) is 19.4. The van der Waals surface area contributed by atoms with Crippen LogP contribution in [0.3, 0.4) is 0 Å². The molecule has 7 heteroatoms. The molecular weight excluding hydrogens is 371 g/mol. The molecule has 6 nitrogen and oxygen atoms in total. The number of hydrogen-bond acceptors (Lipinski definition) is 4. The van der Waals surface area contributed by atoms with Gasteiger partial charge in [-0.25, -0.2) is 14.2 Å². The Morgan fingerprint density at radius 3 is 2.55 bits per heavy atom. The van der Waals surface area contributed by atoms with Gasteiger partial charge in [0, 0.05) is 30.3 Å². The molecule has 1 saturated heterocycles. The number of nitrogens with one attached hydrogen (secondary N) is 1. The number of H-pyrrole nitrogens is 1. The van der Waals surface area contributed by atoms with Gasteiger partial charge in [0.1, 0.15) is 11.4 Å². The number of nitrogens with zero attached hydrogens (tertiary/aromatic N) is 3. The fraction of sp³-hybridized carbons (Fsp3) is 0.409. The van der Waals surface area contributed by atoms with E-state index in [-0.39, 0.29) is 17.8 Å². The van der Waals surface area contributed by atoms with Crippen molar-refractivity contribution in [3.8, 4) is 11.1 Å². The van der Waals surface area contributed by atoms with Gasteiger partial charge in [-0.2, -0.15) is 5.10 Å². The van der Waals surface area contributed by atoms with Gasteiger partial charge in [0.05, 0.1) is 11.6 Å². The van der Waals surface area contributed by atoms with Gasteiger partial charge in [-0.1, -0.05) is 30.3 Å². The van der Waals surface area contributed by atoms with Crippen LogP contribution in [-0.4, -0.2) is 44.9 Å². The van der Waals surface area contributed by atoms with E-state index in [0.717, 1.165) is 29.5 Å². The average molecular weight is 396 g/mol. The highest BCUT2D eigenvalue weighted by Gasteiger charge is 2.30. The molecule has 0 bridgehead atoms. The van der Waals surface area contributed by atoms with Crippen molar-refractivity contribution in [1.82, 2.24) is 20.1 Å². The number of piperidine rings is 1. The third-order valence-electron chi connectivity index (χ3n) is 5.18. The number of pyridine rings is 1. The van der Waals surface area contributed by atoms with E-state index in [1.807, 2.05) is 51.1 Å². The minimum Gasteiger partial charge on any atom is -0.444 e. The molecule has 0 radical (unpaired) electrons. The van der Waals surface area contributed by atoms with E-state index in [1.54, 1.807) is 4.90 Å². The van der Waals surface area contributed by atoms with E-state index in [1.165, 1.54) is 6.20 Å². The van der Waals surface area contributed by atoms with Gasteiger partial charge >= 0.3 is 6.09 Å². The quantitative estimate of drug-likeness (QED) is 0.670. The minimum absolute atomic E-state index is 0.143. The molecule has 1 aliphatic heterocycles. The van der Waals surface area contributed by atoms with Gasteiger partial charge in [0.2, 0.25) is 0 Å². The molecule has 1 N–H and O–H groups in total. The lowest BCUT2D eigenvalue weighted by Crippen LogP contribution is -2.41. The summed E-state index contributed by atoms with van der Waals surface area (Å²) in [5, 5.41) is 8.13. The van der Waals surface area contributed by atoms with E-state index in [9.17, 15) is 9.18 Å². The van der Waals surface area contributed by atoms with Gasteiger partial charge < -0.3 is 9.64 Å². The second-order valence-corrected chi connectivity index (χ2v) is 8.42. The Hall–Kier alpha value is -2.96. The zero-order valence-corrected chi connectivity index (χ0v) is 16.9. The molecule has 1 fully saturated rings. The summed E-state index contributed by atoms with van der Waals surface area (Å²) in [6.07, 6.45) is 2.44. The fourth-order valence-electron chi connectivity index (χ4n) is 3.85. The van der Waals surface area contributed by atoms with Crippen LogP contribution in [0.25, 0.3) is 22.2 Å². The van der Waals surface area contributed by atoms with E-state index >= 15 is 0 Å². The van der Waals surface area contributed by atoms with Crippen molar-refractivity contribution < 1.29 is 13.9 Å². The topological polar surface area (TPSA) is 71.1 Å². The molecule has 0 saturated carbocycles. The molecule has 0 unspecified atom stereocenters. The van der Waals surface area contributed by atoms with Gasteiger partial charge in [-0.3, -0.25) is 5.10 Å². The highest BCUT2D eigenvalue weighted by atomic mass is 19.1. The Morgan fingerprint density at radius 1 is 1.21 bits per heavy atom. The predicted octanol–water partition coefficient (Wildman–Crippen LogP) is 4.88. The minimum atomic E-state index is -0.513. The lowest BCUT2D eigenvalue weighted by atomic mass is 9.90. The number of carbonyl (C=O) groups is 1. The first-order valence-corrected chi connectivity index (χ1v) is 9.89. The van der Waals surface area contributed by atoms with Crippen LogP contribution < -0.4 is 0 Å². The third kappa shape index (κ3) is 3.95. The largest absolute Gasteiger partial charge is 0.444 e. The zero-order chi connectivity index (χ0) is 20.6. The van der Waals surface area contributed by atoms with E-state index in [0.29, 0.717) is 24.3 Å². The summed E-state index contributed by atoms with van der Waals surface area (Å²) in [7, 11) is 0. The molecule has 1 amide bonds. The first-order chi connectivity index (χ1) is 13.8. The van der Waals surface area contributed by atoms with E-state index in [4.69, 9.17) is 4.74 Å². The summed E-state index contributed by atoms with van der Waals surface area (Å²) in [6, 6.07) is 9.46. The maximum Gasteiger partial charge on any atom is 0.410 e. The van der Waals surface area contributed by atoms with Crippen LogP contribution in [0.5, 0.6) is 0 Å². The molecule has 1 aromatic carbocycles. The van der Waals surface area contributed by atoms with Crippen LogP contribution in [0.15, 0.2) is 36.5 Å². The molecule has 1 aliphatic rings. The average Bonchev–Trinajstić information content (AvgIpc) is 3.11. The van der Waals surface area contributed by atoms with Crippen LogP contribution in [0, 0.1) is 5.82 Å². The smallest absolute Gasteiger partial charge is 0.410 e. The molecule has 0 spiro atoms. The lowest BCUT2D eigenvalue weighted by molar-refractivity contribution is 0.0204. The second-order valence-electron chi connectivity index (χ2n) is 8.42. The number of aromatic nitrogens is 3. The molecule has 29 heavy (non-hydrogen) atoms. The van der Waals surface area contributed by atoms with Crippen LogP contribution in [0.2, 0.25) is 0 Å². The number of aromatic amines is 1. The highest BCUT2D eigenvalue weighted by molar-refractivity contribution is 5.95. The molecule has 3 aromatic rings. The van der Waals surface area contributed by atoms with Gasteiger partial charge in [-0.05, 0) is 39.2 Å². The monoisotopic (exact) mass is 396 g/mol. The molecular formula is C22H25FN4O2. The number of ether oxygens (including phenoxy) is 1. The van der Waals surface area contributed by atoms with Crippen LogP contribution >= 0.6 is 0 Å². The number of fused-ring (bicyclic) bond motifs is 1. The number of hydrogen-bond donors (Lipinski definition) is 1. The summed E-state index contributed by atoms with van der Waals surface area (Å²) < 4.78 is 20.3. The predicted molar refractivity (Wildman–Crippen MR) is 109 cm³/mol. The summed E-state index contributed by atoms with van der Waals surface area (Å²) in [5.74, 6) is -0.220. The molecule has 152 valence electrons. The van der Waals surface area contributed by atoms with E-state index < -0.39 is 5.60 Å². The molecule has 0 atom stereocenters. The number of benzene rings is 1. The molecule has 0 aliphatic carbocycles. The summed E-state index contributed by atoms with van der Waals surface area (Å²) >= 11 is 0. The number of carbonyl (C=O) groups excluding carboxylic acids is 1.